The Bertz CT molecular complexity index is 506. The van der Waals surface area contributed by atoms with E-state index >= 15 is 0 Å². The van der Waals surface area contributed by atoms with E-state index in [2.05, 4.69) is 22.9 Å². The standard InChI is InChI=1S/C15H20ClN3/c1-10-8-11(16)6-7-13(10)14-9-18-15(17)19(14)12-4-2-3-5-12/h6-8,12,14H,2-5,9H2,1H3,(H2,17,18). The Morgan fingerprint density at radius 3 is 2.74 bits per heavy atom. The van der Waals surface area contributed by atoms with Crippen LogP contribution in [0.5, 0.6) is 0 Å². The van der Waals surface area contributed by atoms with Crippen LogP contribution in [0.2, 0.25) is 5.02 Å². The fourth-order valence-electron chi connectivity index (χ4n) is 3.39. The molecule has 2 aliphatic rings. The van der Waals surface area contributed by atoms with E-state index in [0.29, 0.717) is 18.0 Å². The molecule has 1 aliphatic heterocycles. The average molecular weight is 278 g/mol. The van der Waals surface area contributed by atoms with Gasteiger partial charge >= 0.3 is 0 Å². The zero-order chi connectivity index (χ0) is 13.4. The van der Waals surface area contributed by atoms with Gasteiger partial charge in [0.2, 0.25) is 0 Å². The van der Waals surface area contributed by atoms with Crippen LogP contribution in [0.4, 0.5) is 0 Å². The molecule has 0 spiro atoms. The molecule has 4 heteroatoms. The second-order valence-corrected chi connectivity index (χ2v) is 6.00. The summed E-state index contributed by atoms with van der Waals surface area (Å²) in [6.07, 6.45) is 5.08. The second kappa shape index (κ2) is 5.04. The lowest BCUT2D eigenvalue weighted by Crippen LogP contribution is -2.42. The third kappa shape index (κ3) is 2.32. The van der Waals surface area contributed by atoms with Gasteiger partial charge in [-0.15, -0.1) is 0 Å². The van der Waals surface area contributed by atoms with Gasteiger partial charge in [-0.3, -0.25) is 4.99 Å². The van der Waals surface area contributed by atoms with Crippen molar-refractivity contribution in [2.75, 3.05) is 6.54 Å². The van der Waals surface area contributed by atoms with Gasteiger partial charge in [-0.25, -0.2) is 0 Å². The first-order chi connectivity index (χ1) is 9.16. The first kappa shape index (κ1) is 12.8. The normalized spacial score (nSPS) is 24.0. The minimum atomic E-state index is 0.292. The maximum atomic E-state index is 6.12. The molecular weight excluding hydrogens is 258 g/mol. The van der Waals surface area contributed by atoms with E-state index in [1.54, 1.807) is 0 Å². The fraction of sp³-hybridized carbons (Fsp3) is 0.533. The van der Waals surface area contributed by atoms with Crippen molar-refractivity contribution in [1.29, 1.82) is 0 Å². The van der Waals surface area contributed by atoms with Crippen molar-refractivity contribution in [2.45, 2.75) is 44.7 Å². The summed E-state index contributed by atoms with van der Waals surface area (Å²) in [6.45, 7) is 2.88. The molecule has 3 nitrogen and oxygen atoms in total. The molecule has 2 N–H and O–H groups in total. The van der Waals surface area contributed by atoms with E-state index in [0.717, 1.165) is 11.6 Å². The van der Waals surface area contributed by atoms with Crippen LogP contribution in [0.3, 0.4) is 0 Å². The highest BCUT2D eigenvalue weighted by Gasteiger charge is 2.35. The fourth-order valence-corrected chi connectivity index (χ4v) is 3.62. The molecule has 102 valence electrons. The van der Waals surface area contributed by atoms with Crippen LogP contribution in [0.15, 0.2) is 23.2 Å². The Balaban J connectivity index is 1.91. The lowest BCUT2D eigenvalue weighted by atomic mass is 9.99. The van der Waals surface area contributed by atoms with Gasteiger partial charge in [0.25, 0.3) is 0 Å². The summed E-state index contributed by atoms with van der Waals surface area (Å²) < 4.78 is 0. The largest absolute Gasteiger partial charge is 0.370 e. The van der Waals surface area contributed by atoms with Crippen LogP contribution in [0.25, 0.3) is 0 Å². The molecule has 0 amide bonds. The van der Waals surface area contributed by atoms with Crippen LogP contribution >= 0.6 is 11.6 Å². The Kier molecular flexibility index (Phi) is 3.40. The van der Waals surface area contributed by atoms with Gasteiger partial charge in [0.15, 0.2) is 5.96 Å². The highest BCUT2D eigenvalue weighted by Crippen LogP contribution is 2.35. The van der Waals surface area contributed by atoms with Gasteiger partial charge < -0.3 is 10.6 Å². The molecule has 0 saturated heterocycles. The Morgan fingerprint density at radius 1 is 1.32 bits per heavy atom. The number of nitrogens with two attached hydrogens (primary N) is 1. The maximum absolute atomic E-state index is 6.12. The van der Waals surface area contributed by atoms with E-state index in [9.17, 15) is 0 Å². The molecular formula is C15H20ClN3. The number of hydrogen-bond donors (Lipinski definition) is 1. The van der Waals surface area contributed by atoms with E-state index in [4.69, 9.17) is 17.3 Å². The number of nitrogens with zero attached hydrogens (tertiary/aromatic N) is 2. The predicted octanol–water partition coefficient (Wildman–Crippen LogP) is 3.26. The Morgan fingerprint density at radius 2 is 2.05 bits per heavy atom. The van der Waals surface area contributed by atoms with Gasteiger partial charge in [0, 0.05) is 11.1 Å². The monoisotopic (exact) mass is 277 g/mol. The third-order valence-electron chi connectivity index (χ3n) is 4.34. The quantitative estimate of drug-likeness (QED) is 0.901. The van der Waals surface area contributed by atoms with Crippen molar-refractivity contribution in [2.24, 2.45) is 10.7 Å². The highest BCUT2D eigenvalue weighted by molar-refractivity contribution is 6.30. The van der Waals surface area contributed by atoms with E-state index in [1.807, 2.05) is 12.1 Å². The third-order valence-corrected chi connectivity index (χ3v) is 4.57. The first-order valence-electron chi connectivity index (χ1n) is 7.01. The second-order valence-electron chi connectivity index (χ2n) is 5.56. The van der Waals surface area contributed by atoms with Crippen molar-refractivity contribution in [3.8, 4) is 0 Å². The molecule has 1 saturated carbocycles. The average Bonchev–Trinajstić information content (AvgIpc) is 2.98. The van der Waals surface area contributed by atoms with Gasteiger partial charge in [-0.2, -0.15) is 0 Å². The lowest BCUT2D eigenvalue weighted by molar-refractivity contribution is 0.261. The van der Waals surface area contributed by atoms with Crippen LogP contribution < -0.4 is 5.73 Å². The van der Waals surface area contributed by atoms with Crippen molar-refractivity contribution in [1.82, 2.24) is 4.90 Å². The topological polar surface area (TPSA) is 41.6 Å². The maximum Gasteiger partial charge on any atom is 0.192 e. The minimum absolute atomic E-state index is 0.292. The van der Waals surface area contributed by atoms with Crippen LogP contribution in [0, 0.1) is 6.92 Å². The number of guanidine groups is 1. The lowest BCUT2D eigenvalue weighted by Gasteiger charge is -2.33. The summed E-state index contributed by atoms with van der Waals surface area (Å²) in [6, 6.07) is 6.97. The van der Waals surface area contributed by atoms with Crippen molar-refractivity contribution in [3.05, 3.63) is 34.3 Å². The zero-order valence-corrected chi connectivity index (χ0v) is 12.0. The molecule has 1 aliphatic carbocycles. The molecule has 0 bridgehead atoms. The molecule has 19 heavy (non-hydrogen) atoms. The molecule has 1 fully saturated rings. The van der Waals surface area contributed by atoms with Gasteiger partial charge in [-0.1, -0.05) is 30.5 Å². The first-order valence-corrected chi connectivity index (χ1v) is 7.39. The Hall–Kier alpha value is -1.22. The van der Waals surface area contributed by atoms with Crippen molar-refractivity contribution < 1.29 is 0 Å². The van der Waals surface area contributed by atoms with E-state index in [-0.39, 0.29) is 0 Å². The summed E-state index contributed by atoms with van der Waals surface area (Å²) >= 11 is 6.05. The number of aryl methyl sites for hydroxylation is 1. The number of aliphatic imine (C=N–C) groups is 1. The molecule has 0 aromatic heterocycles. The van der Waals surface area contributed by atoms with Crippen molar-refractivity contribution >= 4 is 17.6 Å². The molecule has 1 unspecified atom stereocenters. The van der Waals surface area contributed by atoms with Crippen LogP contribution in [-0.2, 0) is 0 Å². The molecule has 1 atom stereocenters. The summed E-state index contributed by atoms with van der Waals surface area (Å²) in [5.41, 5.74) is 8.65. The van der Waals surface area contributed by atoms with Gasteiger partial charge in [0.1, 0.15) is 0 Å². The number of rotatable bonds is 2. The SMILES string of the molecule is Cc1cc(Cl)ccc1C1CN=C(N)N1C1CCCC1. The minimum Gasteiger partial charge on any atom is -0.370 e. The number of hydrogen-bond acceptors (Lipinski definition) is 3. The summed E-state index contributed by atoms with van der Waals surface area (Å²) in [5.74, 6) is 0.714. The zero-order valence-electron chi connectivity index (χ0n) is 11.3. The van der Waals surface area contributed by atoms with Crippen molar-refractivity contribution in [3.63, 3.8) is 0 Å². The number of benzene rings is 1. The highest BCUT2D eigenvalue weighted by atomic mass is 35.5. The smallest absolute Gasteiger partial charge is 0.192 e. The van der Waals surface area contributed by atoms with E-state index in [1.165, 1.54) is 36.8 Å². The molecule has 1 aromatic carbocycles. The molecule has 0 radical (unpaired) electrons. The van der Waals surface area contributed by atoms with Gasteiger partial charge in [0.05, 0.1) is 12.6 Å². The summed E-state index contributed by atoms with van der Waals surface area (Å²) in [5, 5.41) is 0.792. The molecule has 1 heterocycles. The van der Waals surface area contributed by atoms with Crippen LogP contribution in [0.1, 0.15) is 42.9 Å². The Labute approximate surface area is 119 Å². The number of halogens is 1. The predicted molar refractivity (Wildman–Crippen MR) is 79.5 cm³/mol. The molecule has 3 rings (SSSR count). The van der Waals surface area contributed by atoms with E-state index < -0.39 is 0 Å². The van der Waals surface area contributed by atoms with Crippen LogP contribution in [-0.4, -0.2) is 23.4 Å². The molecule has 1 aromatic rings. The van der Waals surface area contributed by atoms with Gasteiger partial charge in [-0.05, 0) is 43.0 Å². The summed E-state index contributed by atoms with van der Waals surface area (Å²) in [7, 11) is 0. The summed E-state index contributed by atoms with van der Waals surface area (Å²) in [4.78, 5) is 6.81.